The number of rotatable bonds is 11. The molecule has 1 rings (SSSR count). The third kappa shape index (κ3) is 92.2. The Kier molecular flexibility index (Phi) is 57.5. The van der Waals surface area contributed by atoms with Gasteiger partial charge in [0.05, 0.1) is 0 Å². The lowest BCUT2D eigenvalue weighted by Crippen LogP contribution is -1.99. The van der Waals surface area contributed by atoms with E-state index >= 15 is 0 Å². The van der Waals surface area contributed by atoms with E-state index in [-0.39, 0.29) is 25.5 Å². The first-order chi connectivity index (χ1) is 20.2. The Morgan fingerprint density at radius 2 is 1.00 bits per heavy atom. The number of benzene rings is 1. The summed E-state index contributed by atoms with van der Waals surface area (Å²) in [7, 11) is 0. The molecule has 4 nitrogen and oxygen atoms in total. The van der Waals surface area contributed by atoms with Gasteiger partial charge < -0.3 is 15.3 Å². The van der Waals surface area contributed by atoms with Gasteiger partial charge in [0.25, 0.3) is 0 Å². The third-order valence-corrected chi connectivity index (χ3v) is 5.50. The molecule has 0 aliphatic carbocycles. The molecule has 4 heteroatoms. The number of carboxylic acid groups (broad SMARTS) is 1. The standard InChI is InChI=1S/C10H14.C7H15N.C6H12O.C5H10O2.2C5H12.C2H6.CH4/c1-9(2)8-10-6-4-3-5-7-10;1-6(2)4-5-7(3)8;1-5(2)4-6(3)7;1-4(2)3-5(6)7;2*1-4-5(2)3;1-2;/h3-7,9H,8H2,1-2H3;6,8H,4-5H2,1-3H3;5H,4H2,1-3H3;4H,3H2,1-2H3,(H,6,7);2*5H,4H2,1-3H3;1-2H3;1H4. The summed E-state index contributed by atoms with van der Waals surface area (Å²) >= 11 is 0. The van der Waals surface area contributed by atoms with E-state index in [1.165, 1.54) is 24.8 Å². The van der Waals surface area contributed by atoms with Gasteiger partial charge in [0, 0.05) is 18.6 Å². The van der Waals surface area contributed by atoms with Gasteiger partial charge in [0.1, 0.15) is 5.78 Å². The molecule has 2 N–H and O–H groups in total. The summed E-state index contributed by atoms with van der Waals surface area (Å²) in [5.74, 6) is 3.66. The van der Waals surface area contributed by atoms with Crippen molar-refractivity contribution in [3.63, 3.8) is 0 Å². The number of ketones is 1. The van der Waals surface area contributed by atoms with Crippen LogP contribution in [0.1, 0.15) is 176 Å². The number of carboxylic acids is 1. The van der Waals surface area contributed by atoms with Gasteiger partial charge in [-0.05, 0) is 74.2 Å². The fraction of sp³-hybridized carbons (Fsp3) is 0.780. The highest BCUT2D eigenvalue weighted by Crippen LogP contribution is 2.06. The Morgan fingerprint density at radius 1 is 0.644 bits per heavy atom. The normalized spacial score (nSPS) is 9.33. The molecular formula is C41H85NO3. The quantitative estimate of drug-likeness (QED) is 0.236. The number of carbonyl (C=O) groups is 2. The summed E-state index contributed by atoms with van der Waals surface area (Å²) in [5.41, 5.74) is 2.25. The van der Waals surface area contributed by atoms with Gasteiger partial charge in [0.2, 0.25) is 0 Å². The molecule has 0 aromatic heterocycles. The number of hydrogen-bond donors (Lipinski definition) is 2. The average Bonchev–Trinajstić information content (AvgIpc) is 2.89. The fourth-order valence-electron chi connectivity index (χ4n) is 2.51. The van der Waals surface area contributed by atoms with E-state index in [0.717, 1.165) is 48.6 Å². The molecule has 0 bridgehead atoms. The molecule has 0 atom stereocenters. The number of nitrogens with one attached hydrogen (secondary N) is 1. The van der Waals surface area contributed by atoms with Gasteiger partial charge in [-0.1, -0.05) is 161 Å². The molecule has 272 valence electrons. The minimum atomic E-state index is -0.713. The van der Waals surface area contributed by atoms with Crippen LogP contribution in [0.15, 0.2) is 30.3 Å². The maximum atomic E-state index is 10.3. The number of carbonyl (C=O) groups excluding carboxylic acids is 1. The van der Waals surface area contributed by atoms with Crippen LogP contribution in [0.5, 0.6) is 0 Å². The van der Waals surface area contributed by atoms with Crippen LogP contribution in [-0.2, 0) is 16.0 Å². The lowest BCUT2D eigenvalue weighted by molar-refractivity contribution is -0.137. The SMILES string of the molecule is C.CC.CC(=N)CCC(C)C.CC(=O)CC(C)C.CC(C)CC(=O)O.CC(C)Cc1ccccc1.CCC(C)C.CCC(C)C. The molecule has 1 aromatic carbocycles. The van der Waals surface area contributed by atoms with Crippen molar-refractivity contribution in [2.45, 2.75) is 177 Å². The average molecular weight is 640 g/mol. The van der Waals surface area contributed by atoms with Crippen LogP contribution in [0.4, 0.5) is 0 Å². The van der Waals surface area contributed by atoms with Crippen LogP contribution in [-0.4, -0.2) is 22.6 Å². The molecular weight excluding hydrogens is 554 g/mol. The molecule has 0 saturated carbocycles. The highest BCUT2D eigenvalue weighted by molar-refractivity contribution is 5.78. The van der Waals surface area contributed by atoms with Crippen molar-refractivity contribution in [2.24, 2.45) is 35.5 Å². The molecule has 0 spiro atoms. The van der Waals surface area contributed by atoms with Crippen molar-refractivity contribution < 1.29 is 14.7 Å². The highest BCUT2D eigenvalue weighted by atomic mass is 16.4. The smallest absolute Gasteiger partial charge is 0.303 e. The van der Waals surface area contributed by atoms with Crippen LogP contribution in [0, 0.1) is 40.9 Å². The monoisotopic (exact) mass is 640 g/mol. The highest BCUT2D eigenvalue weighted by Gasteiger charge is 1.98. The minimum absolute atomic E-state index is 0. The van der Waals surface area contributed by atoms with Crippen molar-refractivity contribution in [3.05, 3.63) is 35.9 Å². The van der Waals surface area contributed by atoms with Crippen molar-refractivity contribution in [3.8, 4) is 0 Å². The molecule has 0 radical (unpaired) electrons. The molecule has 0 aliphatic heterocycles. The lowest BCUT2D eigenvalue weighted by atomic mass is 10.0. The molecule has 0 aliphatic rings. The molecule has 45 heavy (non-hydrogen) atoms. The molecule has 1 aromatic rings. The zero-order valence-electron chi connectivity index (χ0n) is 33.1. The fourth-order valence-corrected chi connectivity index (χ4v) is 2.51. The molecule has 0 heterocycles. The molecule has 0 saturated heterocycles. The van der Waals surface area contributed by atoms with Crippen LogP contribution in [0.3, 0.4) is 0 Å². The zero-order chi connectivity index (χ0) is 36.3. The summed E-state index contributed by atoms with van der Waals surface area (Å²) in [6.07, 6.45) is 6.94. The predicted octanol–water partition coefficient (Wildman–Crippen LogP) is 13.9. The second kappa shape index (κ2) is 44.2. The van der Waals surface area contributed by atoms with Gasteiger partial charge in [-0.2, -0.15) is 0 Å². The van der Waals surface area contributed by atoms with E-state index in [1.54, 1.807) is 6.92 Å². The topological polar surface area (TPSA) is 78.2 Å². The first-order valence-electron chi connectivity index (χ1n) is 17.5. The van der Waals surface area contributed by atoms with Gasteiger partial charge in [-0.25, -0.2) is 0 Å². The van der Waals surface area contributed by atoms with Crippen molar-refractivity contribution in [2.75, 3.05) is 0 Å². The van der Waals surface area contributed by atoms with Gasteiger partial charge in [-0.15, -0.1) is 0 Å². The van der Waals surface area contributed by atoms with Crippen molar-refractivity contribution >= 4 is 17.5 Å². The summed E-state index contributed by atoms with van der Waals surface area (Å²) in [6.45, 7) is 37.5. The second-order valence-electron chi connectivity index (χ2n) is 13.7. The summed E-state index contributed by atoms with van der Waals surface area (Å²) in [6, 6.07) is 10.6. The van der Waals surface area contributed by atoms with Crippen LogP contribution >= 0.6 is 0 Å². The molecule has 0 amide bonds. The van der Waals surface area contributed by atoms with E-state index in [1.807, 2.05) is 48.5 Å². The van der Waals surface area contributed by atoms with Gasteiger partial charge in [0.15, 0.2) is 0 Å². The van der Waals surface area contributed by atoms with Crippen molar-refractivity contribution in [1.82, 2.24) is 0 Å². The van der Waals surface area contributed by atoms with Crippen LogP contribution in [0.25, 0.3) is 0 Å². The zero-order valence-corrected chi connectivity index (χ0v) is 33.1. The number of Topliss-reactive ketones (excluding diaryl/α,β-unsaturated/α-hetero) is 1. The summed E-state index contributed by atoms with van der Waals surface area (Å²) in [5, 5.41) is 15.2. The molecule has 0 fully saturated rings. The van der Waals surface area contributed by atoms with Gasteiger partial charge >= 0.3 is 5.97 Å². The first kappa shape index (κ1) is 58.6. The first-order valence-corrected chi connectivity index (χ1v) is 17.5. The Morgan fingerprint density at radius 3 is 1.13 bits per heavy atom. The maximum Gasteiger partial charge on any atom is 0.303 e. The Labute approximate surface area is 285 Å². The van der Waals surface area contributed by atoms with Gasteiger partial charge in [-0.3, -0.25) is 4.79 Å². The molecule has 0 unspecified atom stereocenters. The van der Waals surface area contributed by atoms with Crippen LogP contribution in [0.2, 0.25) is 0 Å². The van der Waals surface area contributed by atoms with Crippen LogP contribution < -0.4 is 0 Å². The Bertz CT molecular complexity index is 677. The Balaban J connectivity index is -0.0000000771. The van der Waals surface area contributed by atoms with E-state index in [4.69, 9.17) is 10.5 Å². The summed E-state index contributed by atoms with van der Waals surface area (Å²) < 4.78 is 0. The summed E-state index contributed by atoms with van der Waals surface area (Å²) in [4.78, 5) is 20.1. The maximum absolute atomic E-state index is 10.3. The third-order valence-electron chi connectivity index (χ3n) is 5.50. The Hall–Kier alpha value is -1.97. The van der Waals surface area contributed by atoms with E-state index in [9.17, 15) is 9.59 Å². The van der Waals surface area contributed by atoms with E-state index in [2.05, 4.69) is 99.6 Å². The van der Waals surface area contributed by atoms with E-state index in [0.29, 0.717) is 5.92 Å². The van der Waals surface area contributed by atoms with E-state index < -0.39 is 5.97 Å². The number of hydrogen-bond acceptors (Lipinski definition) is 3. The lowest BCUT2D eigenvalue weighted by Gasteiger charge is -2.02. The number of aliphatic carboxylic acids is 1. The minimum Gasteiger partial charge on any atom is -0.481 e. The largest absolute Gasteiger partial charge is 0.481 e. The predicted molar refractivity (Wildman–Crippen MR) is 208 cm³/mol. The van der Waals surface area contributed by atoms with Crippen molar-refractivity contribution in [1.29, 1.82) is 5.41 Å². The second-order valence-corrected chi connectivity index (χ2v) is 13.7.